The molecular formula is C16H23N3O2. The maximum Gasteiger partial charge on any atom is 0.319 e. The molecule has 21 heavy (non-hydrogen) atoms. The Morgan fingerprint density at radius 2 is 1.95 bits per heavy atom. The fourth-order valence-corrected chi connectivity index (χ4v) is 1.89. The van der Waals surface area contributed by atoms with E-state index in [2.05, 4.69) is 16.0 Å². The third kappa shape index (κ3) is 4.77. The lowest BCUT2D eigenvalue weighted by Gasteiger charge is -2.13. The first-order valence-electron chi connectivity index (χ1n) is 7.42. The molecule has 1 aromatic rings. The lowest BCUT2D eigenvalue weighted by Crippen LogP contribution is -2.31. The summed E-state index contributed by atoms with van der Waals surface area (Å²) in [6, 6.07) is 5.32. The number of benzene rings is 1. The van der Waals surface area contributed by atoms with Crippen LogP contribution < -0.4 is 16.0 Å². The van der Waals surface area contributed by atoms with Crippen molar-refractivity contribution in [2.24, 2.45) is 11.8 Å². The maximum absolute atomic E-state index is 11.8. The summed E-state index contributed by atoms with van der Waals surface area (Å²) in [7, 11) is 0. The summed E-state index contributed by atoms with van der Waals surface area (Å²) in [5.74, 6) is 0.632. The molecule has 1 aliphatic rings. The van der Waals surface area contributed by atoms with E-state index in [1.807, 2.05) is 32.9 Å². The fraction of sp³-hybridized carbons (Fsp3) is 0.500. The van der Waals surface area contributed by atoms with Crippen LogP contribution in [0.1, 0.15) is 32.3 Å². The number of aryl methyl sites for hydroxylation is 1. The Labute approximate surface area is 125 Å². The highest BCUT2D eigenvalue weighted by atomic mass is 16.2. The van der Waals surface area contributed by atoms with Gasteiger partial charge in [0.15, 0.2) is 0 Å². The first kappa shape index (κ1) is 15.4. The highest BCUT2D eigenvalue weighted by Crippen LogP contribution is 2.30. The maximum atomic E-state index is 11.8. The number of urea groups is 1. The van der Waals surface area contributed by atoms with Crippen LogP contribution in [-0.2, 0) is 4.79 Å². The zero-order valence-corrected chi connectivity index (χ0v) is 12.8. The topological polar surface area (TPSA) is 70.2 Å². The molecule has 3 N–H and O–H groups in total. The predicted octanol–water partition coefficient (Wildman–Crippen LogP) is 3.12. The van der Waals surface area contributed by atoms with Gasteiger partial charge in [0.1, 0.15) is 0 Å². The van der Waals surface area contributed by atoms with Crippen molar-refractivity contribution >= 4 is 23.3 Å². The monoisotopic (exact) mass is 289 g/mol. The largest absolute Gasteiger partial charge is 0.338 e. The van der Waals surface area contributed by atoms with Crippen molar-refractivity contribution in [3.63, 3.8) is 0 Å². The third-order valence-electron chi connectivity index (χ3n) is 3.37. The molecule has 0 atom stereocenters. The average Bonchev–Trinajstić information content (AvgIpc) is 3.24. The second kappa shape index (κ2) is 6.61. The quantitative estimate of drug-likeness (QED) is 0.779. The Hall–Kier alpha value is -2.04. The van der Waals surface area contributed by atoms with E-state index in [1.165, 1.54) is 0 Å². The van der Waals surface area contributed by atoms with Crippen LogP contribution >= 0.6 is 0 Å². The minimum absolute atomic E-state index is 0.0639. The lowest BCUT2D eigenvalue weighted by molar-refractivity contribution is -0.117. The second-order valence-electron chi connectivity index (χ2n) is 6.02. The second-order valence-corrected chi connectivity index (χ2v) is 6.02. The molecule has 5 nitrogen and oxygen atoms in total. The Bertz CT molecular complexity index is 536. The summed E-state index contributed by atoms with van der Waals surface area (Å²) in [6.07, 6.45) is 1.95. The summed E-state index contributed by atoms with van der Waals surface area (Å²) in [4.78, 5) is 23.6. The van der Waals surface area contributed by atoms with Crippen LogP contribution in [0, 0.1) is 18.8 Å². The third-order valence-corrected chi connectivity index (χ3v) is 3.37. The predicted molar refractivity (Wildman–Crippen MR) is 84.4 cm³/mol. The van der Waals surface area contributed by atoms with Gasteiger partial charge in [-0.3, -0.25) is 4.79 Å². The van der Waals surface area contributed by atoms with Gasteiger partial charge in [-0.1, -0.05) is 19.9 Å². The Kier molecular flexibility index (Phi) is 4.83. The smallest absolute Gasteiger partial charge is 0.319 e. The van der Waals surface area contributed by atoms with Crippen molar-refractivity contribution < 1.29 is 9.59 Å². The zero-order valence-electron chi connectivity index (χ0n) is 12.8. The van der Waals surface area contributed by atoms with Crippen molar-refractivity contribution in [3.05, 3.63) is 23.8 Å². The van der Waals surface area contributed by atoms with E-state index in [9.17, 15) is 9.59 Å². The normalized spacial score (nSPS) is 13.9. The van der Waals surface area contributed by atoms with Crippen LogP contribution in [0.25, 0.3) is 0 Å². The number of carbonyl (C=O) groups is 2. The number of carbonyl (C=O) groups excluding carboxylic acids is 2. The lowest BCUT2D eigenvalue weighted by atomic mass is 10.1. The molecule has 5 heteroatoms. The molecule has 0 bridgehead atoms. The molecule has 3 amide bonds. The average molecular weight is 289 g/mol. The van der Waals surface area contributed by atoms with Crippen molar-refractivity contribution in [1.29, 1.82) is 0 Å². The van der Waals surface area contributed by atoms with Gasteiger partial charge in [0.05, 0.1) is 0 Å². The molecule has 1 fully saturated rings. The fourth-order valence-electron chi connectivity index (χ4n) is 1.89. The van der Waals surface area contributed by atoms with E-state index >= 15 is 0 Å². The molecule has 0 heterocycles. The molecule has 0 unspecified atom stereocenters. The first-order chi connectivity index (χ1) is 9.95. The molecule has 0 radical (unpaired) electrons. The van der Waals surface area contributed by atoms with E-state index in [-0.39, 0.29) is 17.9 Å². The standard InChI is InChI=1S/C16H23N3O2/c1-10(2)9-17-16(21)19-14-8-13(7-4-11(14)3)18-15(20)12-5-6-12/h4,7-8,10,12H,5-6,9H2,1-3H3,(H,18,20)(H2,17,19,21). The van der Waals surface area contributed by atoms with Gasteiger partial charge in [-0.15, -0.1) is 0 Å². The number of rotatable bonds is 5. The van der Waals surface area contributed by atoms with E-state index in [0.717, 1.165) is 24.1 Å². The van der Waals surface area contributed by atoms with Crippen LogP contribution in [0.5, 0.6) is 0 Å². The number of hydrogen-bond acceptors (Lipinski definition) is 2. The van der Waals surface area contributed by atoms with Gasteiger partial charge in [-0.05, 0) is 43.4 Å². The molecule has 2 rings (SSSR count). The summed E-state index contributed by atoms with van der Waals surface area (Å²) in [6.45, 7) is 6.63. The van der Waals surface area contributed by atoms with Crippen LogP contribution in [0.4, 0.5) is 16.2 Å². The number of nitrogens with one attached hydrogen (secondary N) is 3. The van der Waals surface area contributed by atoms with Crippen molar-refractivity contribution in [1.82, 2.24) is 5.32 Å². The Morgan fingerprint density at radius 1 is 1.24 bits per heavy atom. The zero-order chi connectivity index (χ0) is 15.4. The van der Waals surface area contributed by atoms with Gasteiger partial charge < -0.3 is 16.0 Å². The molecule has 1 aliphatic carbocycles. The van der Waals surface area contributed by atoms with Gasteiger partial charge in [-0.2, -0.15) is 0 Å². The van der Waals surface area contributed by atoms with E-state index < -0.39 is 0 Å². The van der Waals surface area contributed by atoms with Gasteiger partial charge in [0, 0.05) is 23.8 Å². The highest BCUT2D eigenvalue weighted by Gasteiger charge is 2.29. The molecular weight excluding hydrogens is 266 g/mol. The Balaban J connectivity index is 1.97. The van der Waals surface area contributed by atoms with Crippen molar-refractivity contribution in [2.75, 3.05) is 17.2 Å². The minimum Gasteiger partial charge on any atom is -0.338 e. The van der Waals surface area contributed by atoms with Crippen LogP contribution in [0.3, 0.4) is 0 Å². The van der Waals surface area contributed by atoms with Crippen LogP contribution in [0.2, 0.25) is 0 Å². The number of anilines is 2. The Morgan fingerprint density at radius 3 is 2.57 bits per heavy atom. The summed E-state index contributed by atoms with van der Waals surface area (Å²) in [5, 5.41) is 8.52. The number of amides is 3. The van der Waals surface area contributed by atoms with E-state index in [0.29, 0.717) is 18.2 Å². The molecule has 114 valence electrons. The molecule has 1 aromatic carbocycles. The molecule has 1 saturated carbocycles. The van der Waals surface area contributed by atoms with E-state index in [1.54, 1.807) is 6.07 Å². The first-order valence-corrected chi connectivity index (χ1v) is 7.42. The van der Waals surface area contributed by atoms with E-state index in [4.69, 9.17) is 0 Å². The molecule has 0 saturated heterocycles. The molecule has 0 spiro atoms. The van der Waals surface area contributed by atoms with Gasteiger partial charge in [0.2, 0.25) is 5.91 Å². The minimum atomic E-state index is -0.225. The summed E-state index contributed by atoms with van der Waals surface area (Å²) >= 11 is 0. The summed E-state index contributed by atoms with van der Waals surface area (Å²) < 4.78 is 0. The summed E-state index contributed by atoms with van der Waals surface area (Å²) in [5.41, 5.74) is 2.39. The van der Waals surface area contributed by atoms with Crippen LogP contribution in [-0.4, -0.2) is 18.5 Å². The van der Waals surface area contributed by atoms with Crippen molar-refractivity contribution in [3.8, 4) is 0 Å². The van der Waals surface area contributed by atoms with Crippen molar-refractivity contribution in [2.45, 2.75) is 33.6 Å². The van der Waals surface area contributed by atoms with Crippen LogP contribution in [0.15, 0.2) is 18.2 Å². The molecule has 0 aliphatic heterocycles. The van der Waals surface area contributed by atoms with Gasteiger partial charge in [0.25, 0.3) is 0 Å². The van der Waals surface area contributed by atoms with Gasteiger partial charge in [-0.25, -0.2) is 4.79 Å². The highest BCUT2D eigenvalue weighted by molar-refractivity contribution is 5.96. The number of hydrogen-bond donors (Lipinski definition) is 3. The SMILES string of the molecule is Cc1ccc(NC(=O)C2CC2)cc1NC(=O)NCC(C)C. The van der Waals surface area contributed by atoms with Gasteiger partial charge >= 0.3 is 6.03 Å². The molecule has 0 aromatic heterocycles.